The zero-order valence-electron chi connectivity index (χ0n) is 17.0. The van der Waals surface area contributed by atoms with Crippen LogP contribution in [0.25, 0.3) is 0 Å². The highest BCUT2D eigenvalue weighted by Crippen LogP contribution is 2.31. The maximum Gasteiger partial charge on any atom is 0.284 e. The summed E-state index contributed by atoms with van der Waals surface area (Å²) in [6.45, 7) is 3.69. The van der Waals surface area contributed by atoms with Gasteiger partial charge in [-0.3, -0.25) is 14.5 Å². The second-order valence-corrected chi connectivity index (χ2v) is 10.3. The highest BCUT2D eigenvalue weighted by Gasteiger charge is 2.39. The number of methoxy groups -OCH3 is 1. The first-order chi connectivity index (χ1) is 15.2. The topological polar surface area (TPSA) is 105 Å². The van der Waals surface area contributed by atoms with Crippen LogP contribution in [0.2, 0.25) is 0 Å². The molecule has 1 heterocycles. The summed E-state index contributed by atoms with van der Waals surface area (Å²) in [5.74, 6) is -0.126. The average Bonchev–Trinajstić information content (AvgIpc) is 3.03. The number of halogens is 1. The van der Waals surface area contributed by atoms with Crippen molar-refractivity contribution in [3.8, 4) is 5.75 Å². The van der Waals surface area contributed by atoms with Gasteiger partial charge in [0.05, 0.1) is 12.0 Å². The number of sulfonamides is 1. The molecule has 1 aliphatic rings. The zero-order valence-corrected chi connectivity index (χ0v) is 20.2. The van der Waals surface area contributed by atoms with Crippen LogP contribution in [0.15, 0.2) is 75.0 Å². The third-order valence-corrected chi connectivity index (χ3v) is 7.49. The molecular weight excluding hydrogens is 518 g/mol. The number of benzene rings is 2. The van der Waals surface area contributed by atoms with Crippen LogP contribution in [0.4, 0.5) is 5.69 Å². The molecular formula is C21H20BrN3O5S2. The highest BCUT2D eigenvalue weighted by atomic mass is 79.9. The Hall–Kier alpha value is -2.63. The third-order valence-electron chi connectivity index (χ3n) is 4.39. The second-order valence-electron chi connectivity index (χ2n) is 6.63. The fourth-order valence-corrected chi connectivity index (χ4v) is 5.45. The van der Waals surface area contributed by atoms with Crippen LogP contribution in [0.3, 0.4) is 0 Å². The Bertz CT molecular complexity index is 1150. The lowest BCUT2D eigenvalue weighted by molar-refractivity contribution is -0.127. The predicted molar refractivity (Wildman–Crippen MR) is 128 cm³/mol. The minimum atomic E-state index is -4.04. The Balaban J connectivity index is 1.76. The summed E-state index contributed by atoms with van der Waals surface area (Å²) in [4.78, 5) is 26.5. The lowest BCUT2D eigenvalue weighted by Crippen LogP contribution is -2.33. The number of carbonyl (C=O) groups excluding carboxylic acids is 2. The molecule has 0 radical (unpaired) electrons. The van der Waals surface area contributed by atoms with E-state index in [0.717, 1.165) is 16.2 Å². The molecule has 2 aromatic rings. The SMILES string of the molecule is C=CCN1C(=O)[C@H](CC(=O)Nc2ccc(OC)cc2)SC1=NS(=O)(=O)c1ccc(Br)cc1. The molecule has 3 rings (SSSR count). The monoisotopic (exact) mass is 537 g/mol. The molecule has 0 spiro atoms. The van der Waals surface area contributed by atoms with Gasteiger partial charge in [-0.25, -0.2) is 0 Å². The van der Waals surface area contributed by atoms with Crippen LogP contribution >= 0.6 is 27.7 Å². The number of amidine groups is 1. The van der Waals surface area contributed by atoms with Crippen molar-refractivity contribution in [2.75, 3.05) is 19.0 Å². The molecule has 8 nitrogen and oxygen atoms in total. The molecule has 1 aliphatic heterocycles. The molecule has 1 atom stereocenters. The minimum Gasteiger partial charge on any atom is -0.497 e. The molecule has 32 heavy (non-hydrogen) atoms. The number of thioether (sulfide) groups is 1. The molecule has 0 aliphatic carbocycles. The molecule has 168 valence electrons. The van der Waals surface area contributed by atoms with Gasteiger partial charge in [-0.1, -0.05) is 33.8 Å². The summed E-state index contributed by atoms with van der Waals surface area (Å²) >= 11 is 4.20. The number of carbonyl (C=O) groups is 2. The number of ether oxygens (including phenoxy) is 1. The van der Waals surface area contributed by atoms with Crippen molar-refractivity contribution >= 4 is 60.4 Å². The fourth-order valence-electron chi connectivity index (χ4n) is 2.82. The van der Waals surface area contributed by atoms with Gasteiger partial charge in [0.1, 0.15) is 11.0 Å². The molecule has 0 aromatic heterocycles. The predicted octanol–water partition coefficient (Wildman–Crippen LogP) is 3.66. The van der Waals surface area contributed by atoms with E-state index in [-0.39, 0.29) is 28.9 Å². The molecule has 0 saturated carbocycles. The summed E-state index contributed by atoms with van der Waals surface area (Å²) in [6, 6.07) is 12.8. The van der Waals surface area contributed by atoms with Crippen molar-refractivity contribution in [3.63, 3.8) is 0 Å². The highest BCUT2D eigenvalue weighted by molar-refractivity contribution is 9.10. The van der Waals surface area contributed by atoms with Crippen LogP contribution in [-0.2, 0) is 19.6 Å². The molecule has 2 aromatic carbocycles. The Morgan fingerprint density at radius 3 is 2.50 bits per heavy atom. The van der Waals surface area contributed by atoms with Crippen molar-refractivity contribution < 1.29 is 22.7 Å². The summed E-state index contributed by atoms with van der Waals surface area (Å²) < 4.78 is 35.1. The van der Waals surface area contributed by atoms with Crippen molar-refractivity contribution in [2.24, 2.45) is 4.40 Å². The first-order valence-corrected chi connectivity index (χ1v) is 12.5. The van der Waals surface area contributed by atoms with E-state index in [1.807, 2.05) is 0 Å². The summed E-state index contributed by atoms with van der Waals surface area (Å²) in [5.41, 5.74) is 0.556. The number of hydrogen-bond acceptors (Lipinski definition) is 6. The molecule has 11 heteroatoms. The van der Waals surface area contributed by atoms with Gasteiger partial charge in [0.25, 0.3) is 10.0 Å². The van der Waals surface area contributed by atoms with Gasteiger partial charge in [-0.05, 0) is 48.5 Å². The fraction of sp³-hybridized carbons (Fsp3) is 0.190. The standard InChI is InChI=1S/C21H20BrN3O5S2/c1-3-12-25-20(27)18(13-19(26)23-15-6-8-16(30-2)9-7-15)31-21(25)24-32(28,29)17-10-4-14(22)5-11-17/h3-11,18H,1,12-13H2,2H3,(H,23,26)/t18-/m0/s1. The van der Waals surface area contributed by atoms with E-state index >= 15 is 0 Å². The van der Waals surface area contributed by atoms with Gasteiger partial charge >= 0.3 is 0 Å². The van der Waals surface area contributed by atoms with E-state index in [1.54, 1.807) is 43.5 Å². The van der Waals surface area contributed by atoms with E-state index < -0.39 is 21.2 Å². The van der Waals surface area contributed by atoms with Gasteiger partial charge in [0, 0.05) is 23.1 Å². The number of hydrogen-bond donors (Lipinski definition) is 1. The number of anilines is 1. The van der Waals surface area contributed by atoms with Crippen LogP contribution < -0.4 is 10.1 Å². The summed E-state index contributed by atoms with van der Waals surface area (Å²) in [7, 11) is -2.49. The van der Waals surface area contributed by atoms with Crippen molar-refractivity contribution in [2.45, 2.75) is 16.6 Å². The maximum atomic E-state index is 12.8. The van der Waals surface area contributed by atoms with Crippen molar-refractivity contribution in [3.05, 3.63) is 65.7 Å². The van der Waals surface area contributed by atoms with Crippen LogP contribution in [0, 0.1) is 0 Å². The maximum absolute atomic E-state index is 12.8. The number of nitrogens with zero attached hydrogens (tertiary/aromatic N) is 2. The Morgan fingerprint density at radius 2 is 1.91 bits per heavy atom. The largest absolute Gasteiger partial charge is 0.497 e. The number of amides is 2. The van der Waals surface area contributed by atoms with E-state index in [0.29, 0.717) is 11.4 Å². The lowest BCUT2D eigenvalue weighted by atomic mass is 10.2. The van der Waals surface area contributed by atoms with E-state index in [9.17, 15) is 18.0 Å². The van der Waals surface area contributed by atoms with Gasteiger partial charge in [-0.15, -0.1) is 11.0 Å². The van der Waals surface area contributed by atoms with Crippen LogP contribution in [0.5, 0.6) is 5.75 Å². The smallest absolute Gasteiger partial charge is 0.284 e. The molecule has 0 unspecified atom stereocenters. The molecule has 1 fully saturated rings. The number of nitrogens with one attached hydrogen (secondary N) is 1. The summed E-state index contributed by atoms with van der Waals surface area (Å²) in [6.07, 6.45) is 1.33. The quantitative estimate of drug-likeness (QED) is 0.515. The number of rotatable bonds is 8. The normalized spacial score (nSPS) is 17.4. The molecule has 1 saturated heterocycles. The summed E-state index contributed by atoms with van der Waals surface area (Å²) in [5, 5.41) is 1.94. The van der Waals surface area contributed by atoms with Gasteiger partial charge in [-0.2, -0.15) is 8.42 Å². The van der Waals surface area contributed by atoms with E-state index in [2.05, 4.69) is 32.2 Å². The van der Waals surface area contributed by atoms with Gasteiger partial charge in [0.2, 0.25) is 11.8 Å². The third kappa shape index (κ3) is 5.78. The van der Waals surface area contributed by atoms with Gasteiger partial charge < -0.3 is 10.1 Å². The Labute approximate surface area is 198 Å². The van der Waals surface area contributed by atoms with E-state index in [4.69, 9.17) is 4.74 Å². The molecule has 2 amide bonds. The van der Waals surface area contributed by atoms with Crippen LogP contribution in [-0.4, -0.2) is 49.2 Å². The van der Waals surface area contributed by atoms with Crippen molar-refractivity contribution in [1.82, 2.24) is 4.90 Å². The zero-order chi connectivity index (χ0) is 23.3. The average molecular weight is 538 g/mol. The molecule has 0 bridgehead atoms. The van der Waals surface area contributed by atoms with Crippen LogP contribution in [0.1, 0.15) is 6.42 Å². The second kappa shape index (κ2) is 10.3. The Morgan fingerprint density at radius 1 is 1.25 bits per heavy atom. The lowest BCUT2D eigenvalue weighted by Gasteiger charge is -2.13. The van der Waals surface area contributed by atoms with Crippen molar-refractivity contribution in [1.29, 1.82) is 0 Å². The minimum absolute atomic E-state index is 0.000464. The Kier molecular flexibility index (Phi) is 7.75. The van der Waals surface area contributed by atoms with Gasteiger partial charge in [0.15, 0.2) is 5.17 Å². The van der Waals surface area contributed by atoms with E-state index in [1.165, 1.54) is 23.1 Å². The first-order valence-electron chi connectivity index (χ1n) is 9.37. The molecule has 1 N–H and O–H groups in total. The first kappa shape index (κ1) is 24.0.